The lowest BCUT2D eigenvalue weighted by Crippen LogP contribution is -2.07. The van der Waals surface area contributed by atoms with Crippen molar-refractivity contribution < 1.29 is 4.39 Å². The Morgan fingerprint density at radius 3 is 2.77 bits per heavy atom. The average Bonchev–Trinajstić information content (AvgIpc) is 3.02. The normalized spacial score (nSPS) is 11.0. The zero-order valence-electron chi connectivity index (χ0n) is 13.3. The van der Waals surface area contributed by atoms with E-state index in [1.54, 1.807) is 18.3 Å². The number of fused-ring (bicyclic) bond motifs is 1. The largest absolute Gasteiger partial charge is 0.366 e. The van der Waals surface area contributed by atoms with E-state index in [0.29, 0.717) is 22.1 Å². The highest BCUT2D eigenvalue weighted by atomic mass is 35.5. The highest BCUT2D eigenvalue weighted by molar-refractivity contribution is 6.34. The smallest absolute Gasteiger partial charge is 0.177 e. The summed E-state index contributed by atoms with van der Waals surface area (Å²) >= 11 is 12.1. The van der Waals surface area contributed by atoms with Crippen molar-refractivity contribution in [1.82, 2.24) is 19.6 Å². The molecule has 1 aromatic carbocycles. The molecule has 0 unspecified atom stereocenters. The van der Waals surface area contributed by atoms with Gasteiger partial charge in [-0.05, 0) is 18.2 Å². The number of aromatic nitrogens is 4. The van der Waals surface area contributed by atoms with Crippen LogP contribution in [0.15, 0.2) is 54.9 Å². The fourth-order valence-electron chi connectivity index (χ4n) is 2.60. The summed E-state index contributed by atoms with van der Waals surface area (Å²) in [5.41, 5.74) is 2.39. The van der Waals surface area contributed by atoms with Crippen LogP contribution >= 0.6 is 23.2 Å². The Balaban J connectivity index is 1.59. The summed E-state index contributed by atoms with van der Waals surface area (Å²) in [6.45, 7) is 0.251. The molecule has 8 heteroatoms. The molecule has 0 radical (unpaired) electrons. The van der Waals surface area contributed by atoms with Crippen molar-refractivity contribution in [3.8, 4) is 11.3 Å². The van der Waals surface area contributed by atoms with Gasteiger partial charge in [-0.25, -0.2) is 9.37 Å². The van der Waals surface area contributed by atoms with Crippen LogP contribution in [0, 0.1) is 5.82 Å². The van der Waals surface area contributed by atoms with Gasteiger partial charge in [0.1, 0.15) is 21.8 Å². The van der Waals surface area contributed by atoms with Crippen LogP contribution in [0.4, 0.5) is 10.2 Å². The number of rotatable bonds is 4. The van der Waals surface area contributed by atoms with E-state index < -0.39 is 0 Å². The number of anilines is 1. The summed E-state index contributed by atoms with van der Waals surface area (Å²) in [4.78, 5) is 8.36. The molecule has 0 aliphatic rings. The van der Waals surface area contributed by atoms with Crippen molar-refractivity contribution in [2.75, 3.05) is 5.32 Å². The molecular weight excluding hydrogens is 376 g/mol. The fourth-order valence-corrected chi connectivity index (χ4v) is 2.95. The second-order valence-corrected chi connectivity index (χ2v) is 6.36. The highest BCUT2D eigenvalue weighted by Gasteiger charge is 2.11. The molecule has 1 N–H and O–H groups in total. The molecular formula is C18H12Cl2FN5. The first-order valence-electron chi connectivity index (χ1n) is 7.75. The molecule has 0 amide bonds. The van der Waals surface area contributed by atoms with E-state index in [4.69, 9.17) is 23.2 Å². The molecule has 5 nitrogen and oxygen atoms in total. The minimum Gasteiger partial charge on any atom is -0.366 e. The molecule has 3 heterocycles. The highest BCUT2D eigenvalue weighted by Crippen LogP contribution is 2.24. The predicted molar refractivity (Wildman–Crippen MR) is 100.0 cm³/mol. The number of benzene rings is 1. The van der Waals surface area contributed by atoms with E-state index >= 15 is 0 Å². The van der Waals surface area contributed by atoms with Gasteiger partial charge < -0.3 is 5.32 Å². The number of hydrogen-bond acceptors (Lipinski definition) is 4. The fraction of sp³-hybridized carbons (Fsp3) is 0.0556. The molecule has 3 aromatic heterocycles. The van der Waals surface area contributed by atoms with Crippen LogP contribution in [0.25, 0.3) is 16.9 Å². The predicted octanol–water partition coefficient (Wildman–Crippen LogP) is 4.85. The SMILES string of the molecule is Fc1cc(-c2ccccn2)ccc1CNc1cc(Cl)nc2c(Cl)cnn12. The maximum atomic E-state index is 14.5. The van der Waals surface area contributed by atoms with Gasteiger partial charge >= 0.3 is 0 Å². The summed E-state index contributed by atoms with van der Waals surface area (Å²) in [6.07, 6.45) is 3.16. The molecule has 26 heavy (non-hydrogen) atoms. The molecule has 0 aliphatic heterocycles. The molecule has 130 valence electrons. The zero-order chi connectivity index (χ0) is 18.1. The summed E-state index contributed by atoms with van der Waals surface area (Å²) in [6, 6.07) is 12.2. The Morgan fingerprint density at radius 2 is 2.00 bits per heavy atom. The van der Waals surface area contributed by atoms with Gasteiger partial charge in [0.05, 0.1) is 11.9 Å². The Kier molecular flexibility index (Phi) is 4.44. The van der Waals surface area contributed by atoms with Gasteiger partial charge in [-0.1, -0.05) is 41.4 Å². The van der Waals surface area contributed by atoms with E-state index in [9.17, 15) is 4.39 Å². The third-order valence-electron chi connectivity index (χ3n) is 3.87. The Hall–Kier alpha value is -2.70. The number of halogens is 3. The number of pyridine rings is 1. The first-order chi connectivity index (χ1) is 12.6. The quantitative estimate of drug-likeness (QED) is 0.508. The van der Waals surface area contributed by atoms with Gasteiger partial charge in [0.25, 0.3) is 0 Å². The monoisotopic (exact) mass is 387 g/mol. The Morgan fingerprint density at radius 1 is 1.12 bits per heavy atom. The summed E-state index contributed by atoms with van der Waals surface area (Å²) in [7, 11) is 0. The zero-order valence-corrected chi connectivity index (χ0v) is 14.8. The minimum atomic E-state index is -0.324. The molecule has 0 bridgehead atoms. The molecule has 4 rings (SSSR count). The van der Waals surface area contributed by atoms with Crippen LogP contribution in [0.2, 0.25) is 10.2 Å². The lowest BCUT2D eigenvalue weighted by atomic mass is 10.1. The molecule has 0 atom stereocenters. The number of nitrogens with one attached hydrogen (secondary N) is 1. The van der Waals surface area contributed by atoms with Gasteiger partial charge in [-0.15, -0.1) is 0 Å². The summed E-state index contributed by atoms with van der Waals surface area (Å²) in [5.74, 6) is 0.246. The summed E-state index contributed by atoms with van der Waals surface area (Å²) < 4.78 is 16.0. The first-order valence-corrected chi connectivity index (χ1v) is 8.51. The van der Waals surface area contributed by atoms with E-state index in [2.05, 4.69) is 20.4 Å². The van der Waals surface area contributed by atoms with Crippen LogP contribution in [0.1, 0.15) is 5.56 Å². The summed E-state index contributed by atoms with van der Waals surface area (Å²) in [5, 5.41) is 7.93. The van der Waals surface area contributed by atoms with Crippen molar-refractivity contribution in [2.24, 2.45) is 0 Å². The van der Waals surface area contributed by atoms with E-state index in [1.165, 1.54) is 16.8 Å². The van der Waals surface area contributed by atoms with E-state index in [0.717, 1.165) is 11.3 Å². The lowest BCUT2D eigenvalue weighted by molar-refractivity contribution is 0.613. The topological polar surface area (TPSA) is 55.1 Å². The second-order valence-electron chi connectivity index (χ2n) is 5.57. The number of hydrogen-bond donors (Lipinski definition) is 1. The maximum Gasteiger partial charge on any atom is 0.177 e. The second kappa shape index (κ2) is 6.90. The van der Waals surface area contributed by atoms with Gasteiger partial charge in [0, 0.05) is 29.9 Å². The van der Waals surface area contributed by atoms with Crippen LogP contribution in [-0.4, -0.2) is 19.6 Å². The maximum absolute atomic E-state index is 14.5. The molecule has 0 saturated heterocycles. The van der Waals surface area contributed by atoms with Crippen LogP contribution in [0.5, 0.6) is 0 Å². The van der Waals surface area contributed by atoms with Crippen molar-refractivity contribution >= 4 is 34.7 Å². The van der Waals surface area contributed by atoms with Gasteiger partial charge in [0.15, 0.2) is 5.65 Å². The third-order valence-corrected chi connectivity index (χ3v) is 4.33. The van der Waals surface area contributed by atoms with Gasteiger partial charge in [-0.2, -0.15) is 9.61 Å². The number of nitrogens with zero attached hydrogens (tertiary/aromatic N) is 4. The molecule has 4 aromatic rings. The standard InChI is InChI=1S/C18H12Cl2FN5/c19-13-10-24-26-17(8-16(20)25-18(13)26)23-9-12-5-4-11(7-14(12)21)15-3-1-2-6-22-15/h1-8,10,23H,9H2. The van der Waals surface area contributed by atoms with Crippen molar-refractivity contribution in [2.45, 2.75) is 6.54 Å². The lowest BCUT2D eigenvalue weighted by Gasteiger charge is -2.10. The Labute approximate surface area is 158 Å². The van der Waals surface area contributed by atoms with Crippen molar-refractivity contribution in [1.29, 1.82) is 0 Å². The van der Waals surface area contributed by atoms with Gasteiger partial charge in [0.2, 0.25) is 0 Å². The third kappa shape index (κ3) is 3.21. The van der Waals surface area contributed by atoms with Crippen molar-refractivity contribution in [3.63, 3.8) is 0 Å². The van der Waals surface area contributed by atoms with Gasteiger partial charge in [-0.3, -0.25) is 4.98 Å². The molecule has 0 fully saturated rings. The Bertz CT molecular complexity index is 1080. The van der Waals surface area contributed by atoms with Crippen LogP contribution in [-0.2, 0) is 6.54 Å². The molecule has 0 spiro atoms. The van der Waals surface area contributed by atoms with Crippen LogP contribution < -0.4 is 5.32 Å². The van der Waals surface area contributed by atoms with E-state index in [1.807, 2.05) is 24.3 Å². The van der Waals surface area contributed by atoms with Crippen LogP contribution in [0.3, 0.4) is 0 Å². The minimum absolute atomic E-state index is 0.251. The average molecular weight is 388 g/mol. The molecule has 0 aliphatic carbocycles. The first kappa shape index (κ1) is 16.8. The molecule has 0 saturated carbocycles. The van der Waals surface area contributed by atoms with Crippen molar-refractivity contribution in [3.05, 3.63) is 76.4 Å². The van der Waals surface area contributed by atoms with E-state index in [-0.39, 0.29) is 17.5 Å².